The summed E-state index contributed by atoms with van der Waals surface area (Å²) < 4.78 is 5.15. The fourth-order valence-corrected chi connectivity index (χ4v) is 1.68. The van der Waals surface area contributed by atoms with Crippen LogP contribution in [0.5, 0.6) is 0 Å². The maximum absolute atomic E-state index is 9.88. The van der Waals surface area contributed by atoms with E-state index in [1.807, 2.05) is 6.92 Å². The van der Waals surface area contributed by atoms with Gasteiger partial charge in [0.1, 0.15) is 17.7 Å². The van der Waals surface area contributed by atoms with Gasteiger partial charge in [0.15, 0.2) is 0 Å². The molecule has 0 radical (unpaired) electrons. The van der Waals surface area contributed by atoms with Crippen LogP contribution >= 0.6 is 0 Å². The van der Waals surface area contributed by atoms with Gasteiger partial charge in [0, 0.05) is 18.4 Å². The molecule has 0 aliphatic rings. The minimum Gasteiger partial charge on any atom is -0.467 e. The third-order valence-corrected chi connectivity index (χ3v) is 2.62. The summed E-state index contributed by atoms with van der Waals surface area (Å²) in [5.41, 5.74) is 0. The fourth-order valence-electron chi connectivity index (χ4n) is 1.68. The van der Waals surface area contributed by atoms with Crippen LogP contribution in [0, 0.1) is 0 Å². The van der Waals surface area contributed by atoms with E-state index < -0.39 is 6.10 Å². The van der Waals surface area contributed by atoms with Crippen LogP contribution in [0.2, 0.25) is 0 Å². The van der Waals surface area contributed by atoms with Gasteiger partial charge in [-0.05, 0) is 25.5 Å². The Balaban J connectivity index is 1.75. The SMILES string of the molecule is C[C@@H](C[C@H](O)c1ccco1)NCc1ncc[nH]1. The zero-order valence-electron chi connectivity index (χ0n) is 9.76. The Kier molecular flexibility index (Phi) is 3.95. The van der Waals surface area contributed by atoms with Gasteiger partial charge in [0.05, 0.1) is 12.8 Å². The number of furan rings is 1. The lowest BCUT2D eigenvalue weighted by Gasteiger charge is -2.15. The normalized spacial score (nSPS) is 14.7. The van der Waals surface area contributed by atoms with E-state index in [-0.39, 0.29) is 6.04 Å². The van der Waals surface area contributed by atoms with Crippen molar-refractivity contribution >= 4 is 0 Å². The lowest BCUT2D eigenvalue weighted by atomic mass is 10.1. The van der Waals surface area contributed by atoms with Crippen LogP contribution in [0.15, 0.2) is 35.2 Å². The molecule has 2 atom stereocenters. The van der Waals surface area contributed by atoms with Crippen molar-refractivity contribution in [1.29, 1.82) is 0 Å². The molecule has 2 aromatic rings. The molecule has 2 aromatic heterocycles. The van der Waals surface area contributed by atoms with Crippen LogP contribution in [0.25, 0.3) is 0 Å². The van der Waals surface area contributed by atoms with E-state index in [1.165, 1.54) is 0 Å². The molecule has 0 spiro atoms. The molecule has 5 heteroatoms. The van der Waals surface area contributed by atoms with Gasteiger partial charge in [-0.3, -0.25) is 0 Å². The van der Waals surface area contributed by atoms with Gasteiger partial charge in [-0.25, -0.2) is 4.98 Å². The molecule has 17 heavy (non-hydrogen) atoms. The minimum atomic E-state index is -0.566. The zero-order chi connectivity index (χ0) is 12.1. The minimum absolute atomic E-state index is 0.181. The second-order valence-corrected chi connectivity index (χ2v) is 4.08. The highest BCUT2D eigenvalue weighted by atomic mass is 16.4. The first kappa shape index (κ1) is 11.9. The first-order valence-electron chi connectivity index (χ1n) is 5.69. The van der Waals surface area contributed by atoms with Crippen molar-refractivity contribution in [2.75, 3.05) is 0 Å². The number of nitrogens with zero attached hydrogens (tertiary/aromatic N) is 1. The van der Waals surface area contributed by atoms with Crippen LogP contribution in [0.4, 0.5) is 0 Å². The summed E-state index contributed by atoms with van der Waals surface area (Å²) in [6.45, 7) is 2.69. The van der Waals surface area contributed by atoms with Crippen LogP contribution in [0.1, 0.15) is 31.0 Å². The predicted octanol–water partition coefficient (Wildman–Crippen LogP) is 1.60. The maximum atomic E-state index is 9.88. The molecule has 5 nitrogen and oxygen atoms in total. The number of aromatic amines is 1. The summed E-state index contributed by atoms with van der Waals surface area (Å²) in [5, 5.41) is 13.2. The molecular weight excluding hydrogens is 218 g/mol. The Bertz CT molecular complexity index is 411. The highest BCUT2D eigenvalue weighted by molar-refractivity contribution is 5.02. The van der Waals surface area contributed by atoms with Gasteiger partial charge in [-0.15, -0.1) is 0 Å². The van der Waals surface area contributed by atoms with Gasteiger partial charge in [0.25, 0.3) is 0 Å². The van der Waals surface area contributed by atoms with E-state index >= 15 is 0 Å². The molecule has 0 amide bonds. The van der Waals surface area contributed by atoms with Gasteiger partial charge in [-0.2, -0.15) is 0 Å². The largest absolute Gasteiger partial charge is 0.467 e. The molecule has 0 aliphatic carbocycles. The van der Waals surface area contributed by atoms with E-state index in [1.54, 1.807) is 30.8 Å². The summed E-state index contributed by atoms with van der Waals surface area (Å²) in [6.07, 6.45) is 5.12. The second-order valence-electron chi connectivity index (χ2n) is 4.08. The van der Waals surface area contributed by atoms with Crippen molar-refractivity contribution < 1.29 is 9.52 Å². The average Bonchev–Trinajstić information content (AvgIpc) is 2.99. The molecule has 3 N–H and O–H groups in total. The van der Waals surface area contributed by atoms with Crippen LogP contribution in [0.3, 0.4) is 0 Å². The Morgan fingerprint density at radius 1 is 1.59 bits per heavy atom. The number of hydrogen-bond donors (Lipinski definition) is 3. The van der Waals surface area contributed by atoms with E-state index in [0.29, 0.717) is 18.7 Å². The van der Waals surface area contributed by atoms with Gasteiger partial charge in [0.2, 0.25) is 0 Å². The van der Waals surface area contributed by atoms with Crippen molar-refractivity contribution in [3.63, 3.8) is 0 Å². The molecule has 0 saturated heterocycles. The third kappa shape index (κ3) is 3.44. The highest BCUT2D eigenvalue weighted by Gasteiger charge is 2.14. The number of hydrogen-bond acceptors (Lipinski definition) is 4. The molecule has 2 heterocycles. The Morgan fingerprint density at radius 2 is 2.47 bits per heavy atom. The Labute approximate surface area is 99.9 Å². The topological polar surface area (TPSA) is 74.1 Å². The van der Waals surface area contributed by atoms with Crippen LogP contribution < -0.4 is 5.32 Å². The molecule has 0 aromatic carbocycles. The molecule has 2 rings (SSSR count). The molecule has 0 aliphatic heterocycles. The van der Waals surface area contributed by atoms with E-state index in [0.717, 1.165) is 5.82 Å². The lowest BCUT2D eigenvalue weighted by Crippen LogP contribution is -2.27. The van der Waals surface area contributed by atoms with E-state index in [2.05, 4.69) is 15.3 Å². The smallest absolute Gasteiger partial charge is 0.132 e. The molecule has 0 unspecified atom stereocenters. The van der Waals surface area contributed by atoms with E-state index in [9.17, 15) is 5.11 Å². The summed E-state index contributed by atoms with van der Waals surface area (Å²) in [5.74, 6) is 1.50. The third-order valence-electron chi connectivity index (χ3n) is 2.62. The second kappa shape index (κ2) is 5.65. The van der Waals surface area contributed by atoms with Crippen molar-refractivity contribution in [3.8, 4) is 0 Å². The number of H-pyrrole nitrogens is 1. The number of aromatic nitrogens is 2. The lowest BCUT2D eigenvalue weighted by molar-refractivity contribution is 0.128. The highest BCUT2D eigenvalue weighted by Crippen LogP contribution is 2.18. The van der Waals surface area contributed by atoms with Crippen molar-refractivity contribution in [2.24, 2.45) is 0 Å². The Morgan fingerprint density at radius 3 is 3.12 bits per heavy atom. The van der Waals surface area contributed by atoms with Crippen molar-refractivity contribution in [1.82, 2.24) is 15.3 Å². The maximum Gasteiger partial charge on any atom is 0.132 e. The number of nitrogens with one attached hydrogen (secondary N) is 2. The van der Waals surface area contributed by atoms with Gasteiger partial charge < -0.3 is 19.8 Å². The summed E-state index contributed by atoms with van der Waals surface area (Å²) in [7, 11) is 0. The van der Waals surface area contributed by atoms with Crippen molar-refractivity contribution in [2.45, 2.75) is 32.0 Å². The van der Waals surface area contributed by atoms with Gasteiger partial charge >= 0.3 is 0 Å². The molecule has 0 bridgehead atoms. The Hall–Kier alpha value is -1.59. The molecular formula is C12H17N3O2. The number of imidazole rings is 1. The number of aliphatic hydroxyl groups excluding tert-OH is 1. The average molecular weight is 235 g/mol. The summed E-state index contributed by atoms with van der Waals surface area (Å²) in [4.78, 5) is 7.14. The monoisotopic (exact) mass is 235 g/mol. The van der Waals surface area contributed by atoms with Crippen LogP contribution in [-0.4, -0.2) is 21.1 Å². The first-order chi connectivity index (χ1) is 8.25. The number of aliphatic hydroxyl groups is 1. The molecule has 0 fully saturated rings. The zero-order valence-corrected chi connectivity index (χ0v) is 9.76. The summed E-state index contributed by atoms with van der Waals surface area (Å²) in [6, 6.07) is 3.74. The standard InChI is InChI=1S/C12H17N3O2/c1-9(15-8-12-13-4-5-14-12)7-10(16)11-3-2-6-17-11/h2-6,9-10,15-16H,7-8H2,1H3,(H,13,14)/t9-,10-/m0/s1. The van der Waals surface area contributed by atoms with Crippen LogP contribution in [-0.2, 0) is 6.54 Å². The molecule has 92 valence electrons. The first-order valence-corrected chi connectivity index (χ1v) is 5.69. The molecule has 0 saturated carbocycles. The number of rotatable bonds is 6. The summed E-state index contributed by atoms with van der Waals surface area (Å²) >= 11 is 0. The van der Waals surface area contributed by atoms with Gasteiger partial charge in [-0.1, -0.05) is 0 Å². The predicted molar refractivity (Wildman–Crippen MR) is 63.2 cm³/mol. The fraction of sp³-hybridized carbons (Fsp3) is 0.417. The van der Waals surface area contributed by atoms with Crippen molar-refractivity contribution in [3.05, 3.63) is 42.4 Å². The quantitative estimate of drug-likeness (QED) is 0.711. The van der Waals surface area contributed by atoms with E-state index in [4.69, 9.17) is 4.42 Å².